The van der Waals surface area contributed by atoms with E-state index in [0.29, 0.717) is 38.6 Å². The molecule has 176 valence electrons. The molecule has 7 nitrogen and oxygen atoms in total. The van der Waals surface area contributed by atoms with Crippen LogP contribution >= 0.6 is 11.3 Å². The number of nitrogens with zero attached hydrogens (tertiary/aromatic N) is 3. The number of hydrogen-bond acceptors (Lipinski definition) is 5. The van der Waals surface area contributed by atoms with E-state index in [4.69, 9.17) is 0 Å². The Kier molecular flexibility index (Phi) is 5.42. The second-order valence-corrected chi connectivity index (χ2v) is 9.53. The molecule has 2 N–H and O–H groups in total. The maximum absolute atomic E-state index is 13.1. The number of carbonyl (C=O) groups is 1. The molecule has 0 aliphatic heterocycles. The Morgan fingerprint density at radius 2 is 1.78 bits per heavy atom. The van der Waals surface area contributed by atoms with Crippen molar-refractivity contribution in [3.63, 3.8) is 0 Å². The standard InChI is InChI=1S/C28H21N5O2S/c1-17-24-26(34)31-22(15-18-7-3-2-4-8-18)32-28(24)36-25(17)27(35)29-20-12-10-19(11-13-20)21-16-33-14-6-5-9-23(33)30-21/h2-14,16H,15H2,1H3,(H,29,35)(H,31,32,34). The smallest absolute Gasteiger partial charge is 0.266 e. The summed E-state index contributed by atoms with van der Waals surface area (Å²) in [6.07, 6.45) is 4.45. The van der Waals surface area contributed by atoms with Crippen LogP contribution in [0, 0.1) is 6.92 Å². The fourth-order valence-corrected chi connectivity index (χ4v) is 5.36. The molecule has 0 radical (unpaired) electrons. The molecule has 6 aromatic rings. The van der Waals surface area contributed by atoms with Gasteiger partial charge in [-0.15, -0.1) is 11.3 Å². The first kappa shape index (κ1) is 21.9. The van der Waals surface area contributed by atoms with Crippen molar-refractivity contribution in [2.24, 2.45) is 0 Å². The van der Waals surface area contributed by atoms with Crippen molar-refractivity contribution < 1.29 is 4.79 Å². The van der Waals surface area contributed by atoms with Gasteiger partial charge >= 0.3 is 0 Å². The molecule has 6 rings (SSSR count). The molecule has 0 unspecified atom stereocenters. The Morgan fingerprint density at radius 1 is 1.00 bits per heavy atom. The van der Waals surface area contributed by atoms with Crippen LogP contribution in [-0.4, -0.2) is 25.3 Å². The third-order valence-electron chi connectivity index (χ3n) is 6.07. The molecular weight excluding hydrogens is 470 g/mol. The second kappa shape index (κ2) is 8.90. The molecule has 0 aliphatic rings. The molecule has 0 fully saturated rings. The van der Waals surface area contributed by atoms with Gasteiger partial charge in [0.25, 0.3) is 11.5 Å². The molecule has 8 heteroatoms. The van der Waals surface area contributed by atoms with Gasteiger partial charge < -0.3 is 14.7 Å². The van der Waals surface area contributed by atoms with Crippen molar-refractivity contribution in [1.82, 2.24) is 19.4 Å². The first-order chi connectivity index (χ1) is 17.5. The van der Waals surface area contributed by atoms with Crippen LogP contribution in [0.25, 0.3) is 27.1 Å². The number of nitrogens with one attached hydrogen (secondary N) is 2. The van der Waals surface area contributed by atoms with Gasteiger partial charge in [-0.2, -0.15) is 0 Å². The van der Waals surface area contributed by atoms with Gasteiger partial charge in [0, 0.05) is 30.1 Å². The van der Waals surface area contributed by atoms with E-state index in [0.717, 1.165) is 22.5 Å². The number of amides is 1. The van der Waals surface area contributed by atoms with Gasteiger partial charge in [-0.25, -0.2) is 9.97 Å². The number of H-pyrrole nitrogens is 1. The fraction of sp³-hybridized carbons (Fsp3) is 0.0714. The van der Waals surface area contributed by atoms with Crippen LogP contribution in [0.4, 0.5) is 5.69 Å². The van der Waals surface area contributed by atoms with E-state index in [1.807, 2.05) is 89.6 Å². The number of benzene rings is 2. The molecule has 4 heterocycles. The Labute approximate surface area is 210 Å². The number of imidazole rings is 1. The van der Waals surface area contributed by atoms with Gasteiger partial charge in [-0.3, -0.25) is 9.59 Å². The van der Waals surface area contributed by atoms with E-state index < -0.39 is 0 Å². The van der Waals surface area contributed by atoms with Gasteiger partial charge in [0.2, 0.25) is 0 Å². The molecule has 36 heavy (non-hydrogen) atoms. The highest BCUT2D eigenvalue weighted by Gasteiger charge is 2.20. The van der Waals surface area contributed by atoms with E-state index >= 15 is 0 Å². The van der Waals surface area contributed by atoms with Crippen LogP contribution in [0.1, 0.15) is 26.6 Å². The van der Waals surface area contributed by atoms with Crippen molar-refractivity contribution in [1.29, 1.82) is 0 Å². The van der Waals surface area contributed by atoms with Gasteiger partial charge in [0.05, 0.1) is 16.0 Å². The zero-order valence-corrected chi connectivity index (χ0v) is 20.2. The SMILES string of the molecule is Cc1c(C(=O)Nc2ccc(-c3cn4ccccc4n3)cc2)sc2nc(Cc3ccccc3)[nH]c(=O)c12. The number of pyridine rings is 1. The minimum Gasteiger partial charge on any atom is -0.321 e. The van der Waals surface area contributed by atoms with E-state index in [1.54, 1.807) is 6.92 Å². The molecule has 0 saturated carbocycles. The van der Waals surface area contributed by atoms with Crippen LogP contribution < -0.4 is 10.9 Å². The molecule has 2 aromatic carbocycles. The highest BCUT2D eigenvalue weighted by atomic mass is 32.1. The number of aryl methyl sites for hydroxylation is 1. The zero-order chi connectivity index (χ0) is 24.6. The largest absolute Gasteiger partial charge is 0.321 e. The molecular formula is C28H21N5O2S. The average molecular weight is 492 g/mol. The lowest BCUT2D eigenvalue weighted by Crippen LogP contribution is -2.13. The molecule has 0 aliphatic carbocycles. The topological polar surface area (TPSA) is 92.2 Å². The summed E-state index contributed by atoms with van der Waals surface area (Å²) in [7, 11) is 0. The maximum atomic E-state index is 13.1. The Balaban J connectivity index is 1.24. The monoisotopic (exact) mass is 491 g/mol. The molecule has 0 spiro atoms. The van der Waals surface area contributed by atoms with E-state index in [9.17, 15) is 9.59 Å². The minimum atomic E-state index is -0.264. The van der Waals surface area contributed by atoms with E-state index in [-0.39, 0.29) is 11.5 Å². The number of aromatic amines is 1. The van der Waals surface area contributed by atoms with Crippen molar-refractivity contribution in [3.8, 4) is 11.3 Å². The predicted molar refractivity (Wildman–Crippen MR) is 143 cm³/mol. The lowest BCUT2D eigenvalue weighted by atomic mass is 10.1. The summed E-state index contributed by atoms with van der Waals surface area (Å²) < 4.78 is 1.97. The van der Waals surface area contributed by atoms with Gasteiger partial charge in [0.1, 0.15) is 16.3 Å². The molecule has 0 saturated heterocycles. The molecule has 1 amide bonds. The number of fused-ring (bicyclic) bond motifs is 2. The van der Waals surface area contributed by atoms with Crippen LogP contribution in [0.5, 0.6) is 0 Å². The second-order valence-electron chi connectivity index (χ2n) is 8.54. The van der Waals surface area contributed by atoms with Crippen LogP contribution in [0.15, 0.2) is 90.0 Å². The lowest BCUT2D eigenvalue weighted by molar-refractivity contribution is 0.103. The number of thiophene rings is 1. The third-order valence-corrected chi connectivity index (χ3v) is 7.26. The van der Waals surface area contributed by atoms with Crippen LogP contribution in [0.3, 0.4) is 0 Å². The van der Waals surface area contributed by atoms with Crippen molar-refractivity contribution >= 4 is 38.8 Å². The molecule has 4 aromatic heterocycles. The highest BCUT2D eigenvalue weighted by Crippen LogP contribution is 2.28. The Hall–Kier alpha value is -4.56. The number of hydrogen-bond donors (Lipinski definition) is 2. The Bertz CT molecular complexity index is 1750. The summed E-state index contributed by atoms with van der Waals surface area (Å²) in [5, 5.41) is 3.41. The Morgan fingerprint density at radius 3 is 2.56 bits per heavy atom. The number of carbonyl (C=O) groups excluding carboxylic acids is 1. The first-order valence-electron chi connectivity index (χ1n) is 11.5. The number of rotatable bonds is 5. The van der Waals surface area contributed by atoms with Crippen molar-refractivity contribution in [2.45, 2.75) is 13.3 Å². The fourth-order valence-electron chi connectivity index (χ4n) is 4.26. The van der Waals surface area contributed by atoms with Gasteiger partial charge in [-0.1, -0.05) is 48.5 Å². The molecule has 0 bridgehead atoms. The predicted octanol–water partition coefficient (Wildman–Crippen LogP) is 5.45. The summed E-state index contributed by atoms with van der Waals surface area (Å²) in [6.45, 7) is 1.79. The lowest BCUT2D eigenvalue weighted by Gasteiger charge is -2.05. The van der Waals surface area contributed by atoms with Crippen molar-refractivity contribution in [2.75, 3.05) is 5.32 Å². The number of anilines is 1. The quantitative estimate of drug-likeness (QED) is 0.335. The summed E-state index contributed by atoms with van der Waals surface area (Å²) >= 11 is 1.24. The summed E-state index contributed by atoms with van der Waals surface area (Å²) in [4.78, 5) is 39.1. The zero-order valence-electron chi connectivity index (χ0n) is 19.4. The van der Waals surface area contributed by atoms with Gasteiger partial charge in [0.15, 0.2) is 0 Å². The van der Waals surface area contributed by atoms with E-state index in [2.05, 4.69) is 20.3 Å². The summed E-state index contributed by atoms with van der Waals surface area (Å²) in [5.41, 5.74) is 4.81. The third kappa shape index (κ3) is 4.08. The maximum Gasteiger partial charge on any atom is 0.266 e. The van der Waals surface area contributed by atoms with Gasteiger partial charge in [-0.05, 0) is 42.3 Å². The molecule has 0 atom stereocenters. The van der Waals surface area contributed by atoms with Crippen LogP contribution in [0.2, 0.25) is 0 Å². The average Bonchev–Trinajstić information content (AvgIpc) is 3.46. The first-order valence-corrected chi connectivity index (χ1v) is 12.3. The normalized spacial score (nSPS) is 11.2. The van der Waals surface area contributed by atoms with E-state index in [1.165, 1.54) is 11.3 Å². The highest BCUT2D eigenvalue weighted by molar-refractivity contribution is 7.20. The number of aromatic nitrogens is 4. The summed E-state index contributed by atoms with van der Waals surface area (Å²) in [6, 6.07) is 23.3. The summed E-state index contributed by atoms with van der Waals surface area (Å²) in [5.74, 6) is 0.314. The van der Waals surface area contributed by atoms with Crippen molar-refractivity contribution in [3.05, 3.63) is 117 Å². The minimum absolute atomic E-state index is 0.226. The van der Waals surface area contributed by atoms with Crippen LogP contribution in [-0.2, 0) is 6.42 Å².